The summed E-state index contributed by atoms with van der Waals surface area (Å²) in [5.41, 5.74) is 10.5. The van der Waals surface area contributed by atoms with Crippen molar-refractivity contribution >= 4 is 47.0 Å². The number of amides is 3. The SMILES string of the molecule is C[NH+]=C(N)CCCSC1CC(=O)N(CCC(=O)Nc2ccc3c(c2)-c2ccccc2C3COC(C)=O)C1=O.[Cl-]. The Bertz CT molecular complexity index is 1280. The zero-order chi connectivity index (χ0) is 27.2. The van der Waals surface area contributed by atoms with Gasteiger partial charge in [0.15, 0.2) is 0 Å². The van der Waals surface area contributed by atoms with E-state index in [0.29, 0.717) is 17.9 Å². The molecule has 2 aromatic carbocycles. The Kier molecular flexibility index (Phi) is 10.5. The lowest BCUT2D eigenvalue weighted by Gasteiger charge is -2.15. The summed E-state index contributed by atoms with van der Waals surface area (Å²) in [7, 11) is 1.77. The van der Waals surface area contributed by atoms with Crippen LogP contribution in [0.5, 0.6) is 0 Å². The maximum Gasteiger partial charge on any atom is 0.302 e. The van der Waals surface area contributed by atoms with E-state index in [0.717, 1.165) is 34.4 Å². The summed E-state index contributed by atoms with van der Waals surface area (Å²) < 4.78 is 5.30. The van der Waals surface area contributed by atoms with Gasteiger partial charge in [0.05, 0.1) is 12.3 Å². The van der Waals surface area contributed by atoms with Gasteiger partial charge in [-0.05, 0) is 46.6 Å². The number of ether oxygens (including phenoxy) is 1. The van der Waals surface area contributed by atoms with Gasteiger partial charge in [-0.15, -0.1) is 11.8 Å². The summed E-state index contributed by atoms with van der Waals surface area (Å²) in [5, 5.41) is 2.49. The average molecular weight is 573 g/mol. The summed E-state index contributed by atoms with van der Waals surface area (Å²) in [6.45, 7) is 1.70. The second-order valence-corrected chi connectivity index (χ2v) is 10.7. The van der Waals surface area contributed by atoms with Crippen LogP contribution in [0, 0.1) is 0 Å². The van der Waals surface area contributed by atoms with E-state index in [1.54, 1.807) is 7.05 Å². The second kappa shape index (κ2) is 13.6. The van der Waals surface area contributed by atoms with Gasteiger partial charge in [0.25, 0.3) is 0 Å². The maximum absolute atomic E-state index is 12.7. The highest BCUT2D eigenvalue weighted by Crippen LogP contribution is 2.45. The Morgan fingerprint density at radius 2 is 1.87 bits per heavy atom. The molecule has 208 valence electrons. The number of amidine groups is 1. The predicted octanol–water partition coefficient (Wildman–Crippen LogP) is -1.60. The summed E-state index contributed by atoms with van der Waals surface area (Å²) >= 11 is 1.46. The van der Waals surface area contributed by atoms with Crippen LogP contribution < -0.4 is 28.4 Å². The highest BCUT2D eigenvalue weighted by atomic mass is 35.5. The zero-order valence-electron chi connectivity index (χ0n) is 22.0. The Morgan fingerprint density at radius 3 is 2.62 bits per heavy atom. The molecule has 1 aliphatic carbocycles. The monoisotopic (exact) mass is 572 g/mol. The first-order chi connectivity index (χ1) is 18.3. The first kappa shape index (κ1) is 30.2. The molecule has 2 aliphatic rings. The van der Waals surface area contributed by atoms with Crippen molar-refractivity contribution in [1.82, 2.24) is 4.90 Å². The van der Waals surface area contributed by atoms with E-state index < -0.39 is 5.25 Å². The topological polar surface area (TPSA) is 133 Å². The molecule has 3 amide bonds. The van der Waals surface area contributed by atoms with Crippen LogP contribution in [-0.2, 0) is 23.9 Å². The summed E-state index contributed by atoms with van der Waals surface area (Å²) in [5.74, 6) is 0.286. The third-order valence-corrected chi connectivity index (χ3v) is 8.08. The Balaban J connectivity index is 0.00000420. The maximum atomic E-state index is 12.7. The molecule has 4 rings (SSSR count). The van der Waals surface area contributed by atoms with Crippen molar-refractivity contribution in [2.24, 2.45) is 5.73 Å². The molecule has 2 atom stereocenters. The first-order valence-corrected chi connectivity index (χ1v) is 13.7. The molecule has 0 saturated carbocycles. The molecule has 1 aliphatic heterocycles. The normalized spacial score (nSPS) is 17.9. The first-order valence-electron chi connectivity index (χ1n) is 12.7. The molecule has 0 radical (unpaired) electrons. The number of fused-ring (bicyclic) bond motifs is 3. The second-order valence-electron chi connectivity index (χ2n) is 9.37. The molecule has 1 saturated heterocycles. The highest BCUT2D eigenvalue weighted by molar-refractivity contribution is 8.00. The lowest BCUT2D eigenvalue weighted by atomic mass is 9.98. The molecule has 1 heterocycles. The minimum absolute atomic E-state index is 0. The third kappa shape index (κ3) is 7.19. The van der Waals surface area contributed by atoms with E-state index in [4.69, 9.17) is 10.5 Å². The Labute approximate surface area is 238 Å². The number of carbonyl (C=O) groups is 4. The molecule has 0 spiro atoms. The summed E-state index contributed by atoms with van der Waals surface area (Å²) in [4.78, 5) is 53.3. The van der Waals surface area contributed by atoms with Crippen molar-refractivity contribution in [3.05, 3.63) is 53.6 Å². The number of nitrogens with zero attached hydrogens (tertiary/aromatic N) is 1. The van der Waals surface area contributed by atoms with Crippen molar-refractivity contribution in [3.8, 4) is 11.1 Å². The Morgan fingerprint density at radius 1 is 1.13 bits per heavy atom. The minimum atomic E-state index is -0.405. The number of hydrogen-bond donors (Lipinski definition) is 3. The number of halogens is 1. The van der Waals surface area contributed by atoms with Gasteiger partial charge in [0.1, 0.15) is 6.61 Å². The molecular formula is C28H33ClN4O5S. The van der Waals surface area contributed by atoms with Crippen LogP contribution >= 0.6 is 11.8 Å². The molecule has 11 heteroatoms. The van der Waals surface area contributed by atoms with Crippen LogP contribution in [0.4, 0.5) is 5.69 Å². The fourth-order valence-corrected chi connectivity index (χ4v) is 5.96. The smallest absolute Gasteiger partial charge is 0.302 e. The van der Waals surface area contributed by atoms with E-state index in [9.17, 15) is 19.2 Å². The number of nitrogens with one attached hydrogen (secondary N) is 2. The van der Waals surface area contributed by atoms with Crippen LogP contribution in [0.1, 0.15) is 49.7 Å². The fourth-order valence-electron chi connectivity index (χ4n) is 4.83. The number of carbonyl (C=O) groups excluding carboxylic acids is 4. The Hall–Kier alpha value is -3.37. The average Bonchev–Trinajstić information content (AvgIpc) is 3.36. The van der Waals surface area contributed by atoms with E-state index >= 15 is 0 Å². The van der Waals surface area contributed by atoms with Crippen LogP contribution in [0.15, 0.2) is 42.5 Å². The number of thioether (sulfide) groups is 1. The van der Waals surface area contributed by atoms with Crippen LogP contribution in [0.2, 0.25) is 0 Å². The van der Waals surface area contributed by atoms with Gasteiger partial charge in [-0.2, -0.15) is 0 Å². The van der Waals surface area contributed by atoms with Gasteiger partial charge < -0.3 is 22.5 Å². The van der Waals surface area contributed by atoms with Crippen molar-refractivity contribution in [3.63, 3.8) is 0 Å². The minimum Gasteiger partial charge on any atom is -1.00 e. The van der Waals surface area contributed by atoms with Gasteiger partial charge in [0.2, 0.25) is 23.6 Å². The molecule has 4 N–H and O–H groups in total. The number of rotatable bonds is 11. The van der Waals surface area contributed by atoms with E-state index in [1.165, 1.54) is 23.6 Å². The van der Waals surface area contributed by atoms with Crippen molar-refractivity contribution in [2.75, 3.05) is 31.3 Å². The van der Waals surface area contributed by atoms with Gasteiger partial charge in [-0.3, -0.25) is 34.8 Å². The van der Waals surface area contributed by atoms with E-state index in [1.807, 2.05) is 42.5 Å². The van der Waals surface area contributed by atoms with Gasteiger partial charge in [-0.1, -0.05) is 30.3 Å². The van der Waals surface area contributed by atoms with Crippen LogP contribution in [0.3, 0.4) is 0 Å². The zero-order valence-corrected chi connectivity index (χ0v) is 23.6. The highest BCUT2D eigenvalue weighted by Gasteiger charge is 2.38. The van der Waals surface area contributed by atoms with Crippen molar-refractivity contribution < 1.29 is 41.3 Å². The van der Waals surface area contributed by atoms with Crippen LogP contribution in [-0.4, -0.2) is 65.6 Å². The standard InChI is InChI=1S/C28H32N4O5S.ClH/c1-17(33)37-16-23-20-7-4-3-6-19(20)22-14-18(9-10-21(22)23)31-26(34)11-12-32-27(35)15-24(28(32)36)38-13-5-8-25(29)30-2;/h3-4,6-7,9-10,14,23-24H,5,8,11-13,15-16H2,1-2H3,(H2,29,30)(H,31,34);1H. The molecule has 2 aromatic rings. The largest absolute Gasteiger partial charge is 1.00 e. The number of anilines is 1. The predicted molar refractivity (Wildman–Crippen MR) is 146 cm³/mol. The fraction of sp³-hybridized carbons (Fsp3) is 0.393. The van der Waals surface area contributed by atoms with Crippen molar-refractivity contribution in [2.45, 2.75) is 43.8 Å². The van der Waals surface area contributed by atoms with Gasteiger partial charge in [0, 0.05) is 44.3 Å². The lowest BCUT2D eigenvalue weighted by molar-refractivity contribution is -0.422. The van der Waals surface area contributed by atoms with Gasteiger partial charge >= 0.3 is 5.97 Å². The van der Waals surface area contributed by atoms with Crippen molar-refractivity contribution in [1.29, 1.82) is 0 Å². The molecule has 0 aromatic heterocycles. The lowest BCUT2D eigenvalue weighted by Crippen LogP contribution is -3.00. The summed E-state index contributed by atoms with van der Waals surface area (Å²) in [6.07, 6.45) is 1.71. The number of nitrogens with two attached hydrogens (primary N) is 1. The number of hydrogen-bond acceptors (Lipinski definition) is 6. The van der Waals surface area contributed by atoms with Gasteiger partial charge in [-0.25, -0.2) is 0 Å². The number of imide groups is 1. The van der Waals surface area contributed by atoms with Crippen LogP contribution in [0.25, 0.3) is 11.1 Å². The molecule has 1 fully saturated rings. The quantitative estimate of drug-likeness (QED) is 0.0971. The number of benzene rings is 2. The van der Waals surface area contributed by atoms with E-state index in [2.05, 4.69) is 10.3 Å². The summed E-state index contributed by atoms with van der Waals surface area (Å²) in [6, 6.07) is 13.6. The molecule has 2 unspecified atom stereocenters. The molecule has 9 nitrogen and oxygen atoms in total. The number of likely N-dealkylation sites (tertiary alicyclic amines) is 1. The number of esters is 1. The van der Waals surface area contributed by atoms with E-state index in [-0.39, 0.29) is 68.0 Å². The molecule has 0 bridgehead atoms. The molecule has 39 heavy (non-hydrogen) atoms. The molecular weight excluding hydrogens is 540 g/mol. The third-order valence-electron chi connectivity index (χ3n) is 6.79.